The lowest BCUT2D eigenvalue weighted by Gasteiger charge is -2.11. The number of fused-ring (bicyclic) bond motifs is 1. The van der Waals surface area contributed by atoms with Crippen LogP contribution >= 0.6 is 0 Å². The van der Waals surface area contributed by atoms with E-state index < -0.39 is 0 Å². The number of rotatable bonds is 6. The van der Waals surface area contributed by atoms with Crippen molar-refractivity contribution in [2.75, 3.05) is 19.5 Å². The Morgan fingerprint density at radius 2 is 1.72 bits per heavy atom. The molecule has 1 heterocycles. The maximum absolute atomic E-state index is 12.7. The average Bonchev–Trinajstić information content (AvgIpc) is 3.18. The largest absolute Gasteiger partial charge is 0.493 e. The number of ether oxygens (including phenoxy) is 2. The van der Waals surface area contributed by atoms with E-state index in [1.165, 1.54) is 0 Å². The van der Waals surface area contributed by atoms with Crippen molar-refractivity contribution >= 4 is 22.6 Å². The Balaban J connectivity index is 1.56. The quantitative estimate of drug-likeness (QED) is 0.513. The number of hydrogen-bond donors (Lipinski definition) is 2. The number of H-pyrrole nitrogens is 1. The molecule has 0 aliphatic rings. The maximum atomic E-state index is 12.7. The lowest BCUT2D eigenvalue weighted by Crippen LogP contribution is -2.15. The number of amides is 1. The molecule has 4 rings (SSSR count). The minimum absolute atomic E-state index is 0.124. The lowest BCUT2D eigenvalue weighted by molar-refractivity contribution is -0.115. The van der Waals surface area contributed by atoms with E-state index in [0.717, 1.165) is 22.2 Å². The van der Waals surface area contributed by atoms with Crippen molar-refractivity contribution < 1.29 is 14.3 Å². The van der Waals surface area contributed by atoms with Gasteiger partial charge in [0.25, 0.3) is 0 Å². The minimum Gasteiger partial charge on any atom is -0.493 e. The zero-order chi connectivity index (χ0) is 20.2. The number of imidazole rings is 1. The number of methoxy groups -OCH3 is 2. The number of aromatic amines is 1. The molecule has 1 amide bonds. The van der Waals surface area contributed by atoms with Crippen LogP contribution in [0.15, 0.2) is 66.7 Å². The minimum atomic E-state index is -0.124. The first-order valence-electron chi connectivity index (χ1n) is 9.23. The smallest absolute Gasteiger partial charge is 0.228 e. The molecule has 6 nitrogen and oxygen atoms in total. The SMILES string of the molecule is COc1ccc(CC(=O)Nc2ccccc2-c2nc3ccccc3[nH]2)cc1OC. The molecule has 146 valence electrons. The van der Waals surface area contributed by atoms with Crippen LogP contribution in [0.4, 0.5) is 5.69 Å². The summed E-state index contributed by atoms with van der Waals surface area (Å²) in [5, 5.41) is 3.00. The number of anilines is 1. The van der Waals surface area contributed by atoms with Gasteiger partial charge < -0.3 is 19.8 Å². The molecule has 0 spiro atoms. The third-order valence-corrected chi connectivity index (χ3v) is 4.66. The highest BCUT2D eigenvalue weighted by Gasteiger charge is 2.13. The average molecular weight is 387 g/mol. The number of nitrogens with one attached hydrogen (secondary N) is 2. The van der Waals surface area contributed by atoms with E-state index in [2.05, 4.69) is 15.3 Å². The number of nitrogens with zero attached hydrogens (tertiary/aromatic N) is 1. The fraction of sp³-hybridized carbons (Fsp3) is 0.130. The highest BCUT2D eigenvalue weighted by atomic mass is 16.5. The summed E-state index contributed by atoms with van der Waals surface area (Å²) in [6.07, 6.45) is 0.217. The first kappa shape index (κ1) is 18.6. The summed E-state index contributed by atoms with van der Waals surface area (Å²) in [6, 6.07) is 20.9. The second-order valence-corrected chi connectivity index (χ2v) is 6.56. The van der Waals surface area contributed by atoms with Gasteiger partial charge in [-0.3, -0.25) is 4.79 Å². The number of carbonyl (C=O) groups excluding carboxylic acids is 1. The van der Waals surface area contributed by atoms with Crippen LogP contribution in [0.2, 0.25) is 0 Å². The molecule has 0 fully saturated rings. The van der Waals surface area contributed by atoms with Crippen LogP contribution in [0.1, 0.15) is 5.56 Å². The van der Waals surface area contributed by atoms with E-state index in [9.17, 15) is 4.79 Å². The van der Waals surface area contributed by atoms with E-state index in [4.69, 9.17) is 9.47 Å². The molecule has 3 aromatic carbocycles. The third kappa shape index (κ3) is 3.91. The number of benzene rings is 3. The summed E-state index contributed by atoms with van der Waals surface area (Å²) in [7, 11) is 3.16. The Kier molecular flexibility index (Phi) is 5.16. The number of para-hydroxylation sites is 3. The Morgan fingerprint density at radius 3 is 2.52 bits per heavy atom. The van der Waals surface area contributed by atoms with E-state index in [1.54, 1.807) is 20.3 Å². The molecule has 0 atom stereocenters. The van der Waals surface area contributed by atoms with Gasteiger partial charge in [0, 0.05) is 5.56 Å². The van der Waals surface area contributed by atoms with Gasteiger partial charge in [-0.05, 0) is 42.0 Å². The molecule has 6 heteroatoms. The summed E-state index contributed by atoms with van der Waals surface area (Å²) in [6.45, 7) is 0. The highest BCUT2D eigenvalue weighted by Crippen LogP contribution is 2.29. The van der Waals surface area contributed by atoms with Crippen LogP contribution in [0.25, 0.3) is 22.4 Å². The molecule has 0 saturated carbocycles. The molecule has 2 N–H and O–H groups in total. The van der Waals surface area contributed by atoms with Crippen LogP contribution in [0, 0.1) is 0 Å². The summed E-state index contributed by atoms with van der Waals surface area (Å²) in [5.74, 6) is 1.82. The molecule has 1 aromatic heterocycles. The van der Waals surface area contributed by atoms with Crippen molar-refractivity contribution in [2.45, 2.75) is 6.42 Å². The molecular weight excluding hydrogens is 366 g/mol. The van der Waals surface area contributed by atoms with Crippen molar-refractivity contribution in [1.29, 1.82) is 0 Å². The summed E-state index contributed by atoms with van der Waals surface area (Å²) in [5.41, 5.74) is 4.21. The Hall–Kier alpha value is -3.80. The number of hydrogen-bond acceptors (Lipinski definition) is 4. The van der Waals surface area contributed by atoms with Gasteiger partial charge >= 0.3 is 0 Å². The summed E-state index contributed by atoms with van der Waals surface area (Å²) in [4.78, 5) is 20.6. The lowest BCUT2D eigenvalue weighted by atomic mass is 10.1. The van der Waals surface area contributed by atoms with Crippen molar-refractivity contribution in [3.05, 3.63) is 72.3 Å². The van der Waals surface area contributed by atoms with Crippen molar-refractivity contribution in [2.24, 2.45) is 0 Å². The molecule has 4 aromatic rings. The molecule has 0 aliphatic carbocycles. The predicted molar refractivity (Wildman–Crippen MR) is 113 cm³/mol. The predicted octanol–water partition coefficient (Wildman–Crippen LogP) is 4.43. The van der Waals surface area contributed by atoms with Crippen molar-refractivity contribution in [1.82, 2.24) is 9.97 Å². The fourth-order valence-electron chi connectivity index (χ4n) is 3.25. The fourth-order valence-corrected chi connectivity index (χ4v) is 3.25. The standard InChI is InChI=1S/C23H21N3O3/c1-28-20-12-11-15(13-21(20)29-2)14-22(27)24-17-8-4-3-7-16(17)23-25-18-9-5-6-10-19(18)26-23/h3-13H,14H2,1-2H3,(H,24,27)(H,25,26). The topological polar surface area (TPSA) is 76.2 Å². The molecular formula is C23H21N3O3. The van der Waals surface area contributed by atoms with E-state index in [1.807, 2.05) is 60.7 Å². The Bertz CT molecular complexity index is 1130. The molecule has 0 aliphatic heterocycles. The van der Waals surface area contributed by atoms with Gasteiger partial charge in [-0.25, -0.2) is 4.98 Å². The molecule has 0 bridgehead atoms. The number of aromatic nitrogens is 2. The monoisotopic (exact) mass is 387 g/mol. The summed E-state index contributed by atoms with van der Waals surface area (Å²) < 4.78 is 10.6. The number of carbonyl (C=O) groups is 1. The van der Waals surface area contributed by atoms with Crippen LogP contribution in [-0.4, -0.2) is 30.1 Å². The van der Waals surface area contributed by atoms with Crippen LogP contribution in [0.5, 0.6) is 11.5 Å². The summed E-state index contributed by atoms with van der Waals surface area (Å²) >= 11 is 0. The van der Waals surface area contributed by atoms with Crippen molar-refractivity contribution in [3.8, 4) is 22.9 Å². The van der Waals surface area contributed by atoms with Gasteiger partial charge in [0.2, 0.25) is 5.91 Å². The van der Waals surface area contributed by atoms with Gasteiger partial charge in [-0.2, -0.15) is 0 Å². The van der Waals surface area contributed by atoms with Crippen LogP contribution in [-0.2, 0) is 11.2 Å². The first-order chi connectivity index (χ1) is 14.2. The van der Waals surface area contributed by atoms with Crippen molar-refractivity contribution in [3.63, 3.8) is 0 Å². The maximum Gasteiger partial charge on any atom is 0.228 e. The Morgan fingerprint density at radius 1 is 0.966 bits per heavy atom. The second kappa shape index (κ2) is 8.06. The zero-order valence-electron chi connectivity index (χ0n) is 16.2. The molecule has 29 heavy (non-hydrogen) atoms. The normalized spacial score (nSPS) is 10.7. The van der Waals surface area contributed by atoms with Crippen LogP contribution < -0.4 is 14.8 Å². The van der Waals surface area contributed by atoms with E-state index in [-0.39, 0.29) is 12.3 Å². The molecule has 0 unspecified atom stereocenters. The highest BCUT2D eigenvalue weighted by molar-refractivity contribution is 5.96. The zero-order valence-corrected chi connectivity index (χ0v) is 16.2. The third-order valence-electron chi connectivity index (χ3n) is 4.66. The van der Waals surface area contributed by atoms with E-state index in [0.29, 0.717) is 23.0 Å². The second-order valence-electron chi connectivity index (χ2n) is 6.56. The van der Waals surface area contributed by atoms with Gasteiger partial charge in [0.15, 0.2) is 11.5 Å². The van der Waals surface area contributed by atoms with Gasteiger partial charge in [0.1, 0.15) is 5.82 Å². The van der Waals surface area contributed by atoms with Gasteiger partial charge in [-0.15, -0.1) is 0 Å². The molecule has 0 radical (unpaired) electrons. The first-order valence-corrected chi connectivity index (χ1v) is 9.23. The van der Waals surface area contributed by atoms with Crippen LogP contribution in [0.3, 0.4) is 0 Å². The Labute approximate surface area is 168 Å². The van der Waals surface area contributed by atoms with E-state index >= 15 is 0 Å². The van der Waals surface area contributed by atoms with Gasteiger partial charge in [0.05, 0.1) is 37.4 Å². The van der Waals surface area contributed by atoms with Gasteiger partial charge in [-0.1, -0.05) is 30.3 Å². The molecule has 0 saturated heterocycles.